The van der Waals surface area contributed by atoms with E-state index in [1.165, 1.54) is 6.07 Å². The molecule has 1 aliphatic heterocycles. The molecule has 1 saturated heterocycles. The van der Waals surface area contributed by atoms with Crippen molar-refractivity contribution in [2.75, 3.05) is 24.6 Å². The van der Waals surface area contributed by atoms with Crippen LogP contribution in [-0.2, 0) is 4.74 Å². The molecule has 0 bridgehead atoms. The summed E-state index contributed by atoms with van der Waals surface area (Å²) >= 11 is 12.3. The van der Waals surface area contributed by atoms with E-state index in [2.05, 4.69) is 4.90 Å². The predicted octanol–water partition coefficient (Wildman–Crippen LogP) is 6.24. The van der Waals surface area contributed by atoms with E-state index in [1.54, 1.807) is 29.7 Å². The largest absolute Gasteiger partial charge is 0.461 e. The first-order valence-corrected chi connectivity index (χ1v) is 10.5. The summed E-state index contributed by atoms with van der Waals surface area (Å²) in [7, 11) is 0. The molecule has 0 amide bonds. The van der Waals surface area contributed by atoms with Crippen molar-refractivity contribution in [3.05, 3.63) is 58.0 Å². The summed E-state index contributed by atoms with van der Waals surface area (Å²) in [6, 6.07) is 10.2. The molecule has 1 aromatic heterocycles. The number of carbonyl (C=O) groups is 1. The molecule has 0 atom stereocenters. The quantitative estimate of drug-likeness (QED) is 0.455. The fourth-order valence-electron chi connectivity index (χ4n) is 3.97. The van der Waals surface area contributed by atoms with E-state index in [1.807, 2.05) is 12.1 Å². The molecule has 0 radical (unpaired) electrons. The lowest BCUT2D eigenvalue weighted by atomic mass is 10.1. The van der Waals surface area contributed by atoms with Gasteiger partial charge in [0.1, 0.15) is 5.82 Å². The first-order chi connectivity index (χ1) is 14.0. The highest BCUT2D eigenvalue weighted by Crippen LogP contribution is 2.40. The van der Waals surface area contributed by atoms with E-state index in [0.717, 1.165) is 32.4 Å². The fraction of sp³-hybridized carbons (Fsp3) is 0.318. The van der Waals surface area contributed by atoms with Gasteiger partial charge in [-0.1, -0.05) is 29.3 Å². The number of piperidine rings is 1. The Hall–Kier alpha value is -2.24. The van der Waals surface area contributed by atoms with Gasteiger partial charge in [-0.3, -0.25) is 0 Å². The minimum absolute atomic E-state index is 0.00104. The topological polar surface area (TPSA) is 34.5 Å². The van der Waals surface area contributed by atoms with Crippen molar-refractivity contribution in [2.24, 2.45) is 0 Å². The Morgan fingerprint density at radius 1 is 1.14 bits per heavy atom. The molecule has 152 valence electrons. The molecule has 1 fully saturated rings. The van der Waals surface area contributed by atoms with Crippen LogP contribution in [0.5, 0.6) is 0 Å². The Labute approximate surface area is 178 Å². The van der Waals surface area contributed by atoms with E-state index in [9.17, 15) is 9.18 Å². The van der Waals surface area contributed by atoms with Crippen LogP contribution in [-0.4, -0.2) is 30.2 Å². The van der Waals surface area contributed by atoms with Gasteiger partial charge in [0.15, 0.2) is 5.69 Å². The number of ether oxygens (including phenoxy) is 1. The number of fused-ring (bicyclic) bond motifs is 1. The van der Waals surface area contributed by atoms with E-state index in [-0.39, 0.29) is 11.6 Å². The third-order valence-electron chi connectivity index (χ3n) is 5.19. The van der Waals surface area contributed by atoms with Gasteiger partial charge in [0.25, 0.3) is 0 Å². The van der Waals surface area contributed by atoms with Crippen LogP contribution >= 0.6 is 23.2 Å². The maximum absolute atomic E-state index is 14.5. The Bertz CT molecular complexity index is 1070. The number of halogens is 3. The summed E-state index contributed by atoms with van der Waals surface area (Å²) in [5.74, 6) is -0.975. The number of rotatable bonds is 4. The van der Waals surface area contributed by atoms with E-state index >= 15 is 0 Å². The van der Waals surface area contributed by atoms with E-state index in [4.69, 9.17) is 27.9 Å². The second-order valence-electron chi connectivity index (χ2n) is 7.06. The molecule has 4 nitrogen and oxygen atoms in total. The lowest BCUT2D eigenvalue weighted by Gasteiger charge is -2.29. The number of nitrogens with zero attached hydrogens (tertiary/aromatic N) is 2. The van der Waals surface area contributed by atoms with E-state index < -0.39 is 11.8 Å². The molecule has 0 spiro atoms. The van der Waals surface area contributed by atoms with Gasteiger partial charge in [-0.25, -0.2) is 9.18 Å². The number of anilines is 1. The predicted molar refractivity (Wildman–Crippen MR) is 115 cm³/mol. The molecule has 1 aliphatic rings. The molecule has 3 aromatic rings. The minimum atomic E-state index is -0.518. The molecule has 4 rings (SSSR count). The summed E-state index contributed by atoms with van der Waals surface area (Å²) in [4.78, 5) is 15.2. The van der Waals surface area contributed by atoms with Gasteiger partial charge >= 0.3 is 5.97 Å². The van der Waals surface area contributed by atoms with Crippen LogP contribution in [0.25, 0.3) is 16.6 Å². The second-order valence-corrected chi connectivity index (χ2v) is 7.91. The van der Waals surface area contributed by atoms with Crippen LogP contribution in [0, 0.1) is 5.82 Å². The number of benzene rings is 2. The molecule has 2 heterocycles. The van der Waals surface area contributed by atoms with Gasteiger partial charge in [-0.2, -0.15) is 0 Å². The summed E-state index contributed by atoms with van der Waals surface area (Å²) in [5, 5.41) is 1.17. The molecule has 29 heavy (non-hydrogen) atoms. The highest BCUT2D eigenvalue weighted by atomic mass is 35.5. The van der Waals surface area contributed by atoms with Crippen molar-refractivity contribution in [1.29, 1.82) is 0 Å². The monoisotopic (exact) mass is 434 g/mol. The average Bonchev–Trinajstić information content (AvgIpc) is 3.03. The van der Waals surface area contributed by atoms with Crippen molar-refractivity contribution in [3.8, 4) is 5.69 Å². The van der Waals surface area contributed by atoms with Crippen molar-refractivity contribution >= 4 is 45.8 Å². The molecule has 0 unspecified atom stereocenters. The molecule has 0 saturated carbocycles. The van der Waals surface area contributed by atoms with Gasteiger partial charge in [-0.05, 0) is 56.5 Å². The summed E-state index contributed by atoms with van der Waals surface area (Å²) in [5.41, 5.74) is 2.39. The molecule has 7 heteroatoms. The molecule has 0 N–H and O–H groups in total. The number of hydrogen-bond donors (Lipinski definition) is 0. The number of carbonyl (C=O) groups excluding carboxylic acids is 1. The van der Waals surface area contributed by atoms with Gasteiger partial charge in [0.05, 0.1) is 22.8 Å². The van der Waals surface area contributed by atoms with Gasteiger partial charge < -0.3 is 14.2 Å². The van der Waals surface area contributed by atoms with Crippen molar-refractivity contribution < 1.29 is 13.9 Å². The Kier molecular flexibility index (Phi) is 5.70. The molecule has 2 aromatic carbocycles. The number of aromatic nitrogens is 1. The average molecular weight is 435 g/mol. The summed E-state index contributed by atoms with van der Waals surface area (Å²) < 4.78 is 21.6. The fourth-order valence-corrected chi connectivity index (χ4v) is 4.32. The van der Waals surface area contributed by atoms with Crippen LogP contribution in [0.1, 0.15) is 36.7 Å². The lowest BCUT2D eigenvalue weighted by molar-refractivity contribution is 0.0518. The zero-order valence-corrected chi connectivity index (χ0v) is 17.6. The molecule has 0 aliphatic carbocycles. The van der Waals surface area contributed by atoms with Crippen molar-refractivity contribution in [2.45, 2.75) is 26.2 Å². The highest BCUT2D eigenvalue weighted by Gasteiger charge is 2.30. The number of hydrogen-bond acceptors (Lipinski definition) is 3. The Morgan fingerprint density at radius 3 is 2.59 bits per heavy atom. The standard InChI is InChI=1S/C22H21Cl2FN2O2/c1-2-29-22(28)21-20(26-9-4-3-5-10-26)16-12-18(25)17(24)13-19(16)27(21)15-8-6-7-14(23)11-15/h6-8,11-13H,2-5,9-10H2,1H3. The summed E-state index contributed by atoms with van der Waals surface area (Å²) in [6.07, 6.45) is 3.17. The maximum Gasteiger partial charge on any atom is 0.357 e. The van der Waals surface area contributed by atoms with Crippen molar-refractivity contribution in [3.63, 3.8) is 0 Å². The zero-order chi connectivity index (χ0) is 20.5. The third kappa shape index (κ3) is 3.69. The first kappa shape index (κ1) is 20.0. The van der Waals surface area contributed by atoms with Crippen LogP contribution in [0.3, 0.4) is 0 Å². The van der Waals surface area contributed by atoms with Crippen molar-refractivity contribution in [1.82, 2.24) is 4.57 Å². The molecular formula is C22H21Cl2FN2O2. The lowest BCUT2D eigenvalue weighted by Crippen LogP contribution is -2.31. The number of esters is 1. The highest BCUT2D eigenvalue weighted by molar-refractivity contribution is 6.32. The first-order valence-electron chi connectivity index (χ1n) is 9.72. The Morgan fingerprint density at radius 2 is 1.90 bits per heavy atom. The van der Waals surface area contributed by atoms with Crippen LogP contribution < -0.4 is 4.90 Å². The van der Waals surface area contributed by atoms with Gasteiger partial charge in [-0.15, -0.1) is 0 Å². The van der Waals surface area contributed by atoms with Gasteiger partial charge in [0.2, 0.25) is 0 Å². The van der Waals surface area contributed by atoms with Crippen LogP contribution in [0.4, 0.5) is 10.1 Å². The third-order valence-corrected chi connectivity index (χ3v) is 5.71. The van der Waals surface area contributed by atoms with Crippen LogP contribution in [0.2, 0.25) is 10.0 Å². The summed E-state index contributed by atoms with van der Waals surface area (Å²) in [6.45, 7) is 3.60. The second kappa shape index (κ2) is 8.25. The normalized spacial score (nSPS) is 14.4. The smallest absolute Gasteiger partial charge is 0.357 e. The van der Waals surface area contributed by atoms with Crippen LogP contribution in [0.15, 0.2) is 36.4 Å². The minimum Gasteiger partial charge on any atom is -0.461 e. The maximum atomic E-state index is 14.5. The molecular weight excluding hydrogens is 414 g/mol. The zero-order valence-electron chi connectivity index (χ0n) is 16.1. The SMILES string of the molecule is CCOC(=O)c1c(N2CCCCC2)c2cc(F)c(Cl)cc2n1-c1cccc(Cl)c1. The Balaban J connectivity index is 2.09. The van der Waals surface area contributed by atoms with Gasteiger partial charge in [0, 0.05) is 29.2 Å². The van der Waals surface area contributed by atoms with E-state index in [0.29, 0.717) is 33.0 Å².